The van der Waals surface area contributed by atoms with Crippen LogP contribution >= 0.6 is 0 Å². The van der Waals surface area contributed by atoms with Gasteiger partial charge in [-0.15, -0.1) is 0 Å². The quantitative estimate of drug-likeness (QED) is 0.782. The molecule has 1 N–H and O–H groups in total. The van der Waals surface area contributed by atoms with E-state index in [1.807, 2.05) is 6.92 Å². The summed E-state index contributed by atoms with van der Waals surface area (Å²) < 4.78 is 5.57. The van der Waals surface area contributed by atoms with Gasteiger partial charge in [0, 0.05) is 38.8 Å². The molecule has 0 aromatic carbocycles. The average Bonchev–Trinajstić information content (AvgIpc) is 2.32. The molecule has 2 rings (SSSR count). The van der Waals surface area contributed by atoms with Crippen LogP contribution in [0.4, 0.5) is 0 Å². The number of piperazine rings is 1. The minimum Gasteiger partial charge on any atom is -0.480 e. The molecule has 0 aromatic heterocycles. The van der Waals surface area contributed by atoms with Crippen LogP contribution in [0.5, 0.6) is 0 Å². The fourth-order valence-corrected chi connectivity index (χ4v) is 2.85. The summed E-state index contributed by atoms with van der Waals surface area (Å²) in [4.78, 5) is 15.5. The fourth-order valence-electron chi connectivity index (χ4n) is 2.85. The first-order valence-electron chi connectivity index (χ1n) is 6.94. The Morgan fingerprint density at radius 3 is 2.44 bits per heavy atom. The Bertz CT molecular complexity index is 284. The summed E-state index contributed by atoms with van der Waals surface area (Å²) in [5.74, 6) is -0.719. The first-order valence-corrected chi connectivity index (χ1v) is 6.94. The minimum absolute atomic E-state index is 0.357. The lowest BCUT2D eigenvalue weighted by atomic mass is 9.87. The van der Waals surface area contributed by atoms with Crippen LogP contribution in [0.2, 0.25) is 0 Å². The normalized spacial score (nSPS) is 31.9. The molecule has 18 heavy (non-hydrogen) atoms. The highest BCUT2D eigenvalue weighted by Crippen LogP contribution is 2.29. The van der Waals surface area contributed by atoms with Crippen molar-refractivity contribution in [2.45, 2.75) is 44.9 Å². The fraction of sp³-hybridized carbons (Fsp3) is 0.923. The molecule has 1 saturated heterocycles. The maximum Gasteiger partial charge on any atom is 0.320 e. The molecule has 0 radical (unpaired) electrons. The number of aliphatic carboxylic acids is 1. The van der Waals surface area contributed by atoms with Crippen molar-refractivity contribution in [3.05, 3.63) is 0 Å². The molecule has 1 aliphatic carbocycles. The number of rotatable bonds is 5. The lowest BCUT2D eigenvalue weighted by Crippen LogP contribution is -2.57. The van der Waals surface area contributed by atoms with Gasteiger partial charge >= 0.3 is 5.97 Å². The maximum atomic E-state index is 10.9. The van der Waals surface area contributed by atoms with Gasteiger partial charge in [0.25, 0.3) is 0 Å². The molecule has 5 heteroatoms. The first-order chi connectivity index (χ1) is 8.61. The van der Waals surface area contributed by atoms with Crippen molar-refractivity contribution in [1.29, 1.82) is 0 Å². The third kappa shape index (κ3) is 3.02. The van der Waals surface area contributed by atoms with E-state index in [0.717, 1.165) is 45.6 Å². The molecule has 0 amide bonds. The highest BCUT2D eigenvalue weighted by molar-refractivity contribution is 5.72. The van der Waals surface area contributed by atoms with Gasteiger partial charge in [-0.3, -0.25) is 14.6 Å². The SMILES string of the molecule is CCOC1CC(N2CCN(C(C)C(=O)O)CC2)C1. The van der Waals surface area contributed by atoms with Gasteiger partial charge in [0.15, 0.2) is 0 Å². The maximum absolute atomic E-state index is 10.9. The summed E-state index contributed by atoms with van der Waals surface area (Å²) in [6, 6.07) is 0.300. The van der Waals surface area contributed by atoms with Gasteiger partial charge in [-0.2, -0.15) is 0 Å². The van der Waals surface area contributed by atoms with E-state index in [1.165, 1.54) is 0 Å². The Balaban J connectivity index is 1.70. The molecule has 2 aliphatic rings. The van der Waals surface area contributed by atoms with Gasteiger partial charge in [0.05, 0.1) is 6.10 Å². The second-order valence-corrected chi connectivity index (χ2v) is 5.29. The van der Waals surface area contributed by atoms with Crippen molar-refractivity contribution < 1.29 is 14.6 Å². The second kappa shape index (κ2) is 5.99. The highest BCUT2D eigenvalue weighted by Gasteiger charge is 2.36. The van der Waals surface area contributed by atoms with Crippen LogP contribution in [-0.2, 0) is 9.53 Å². The van der Waals surface area contributed by atoms with Crippen molar-refractivity contribution in [3.8, 4) is 0 Å². The standard InChI is InChI=1S/C13H24N2O3/c1-3-18-12-8-11(9-12)15-6-4-14(5-7-15)10(2)13(16)17/h10-12H,3-9H2,1-2H3,(H,16,17). The summed E-state index contributed by atoms with van der Waals surface area (Å²) in [6.45, 7) is 8.32. The molecule has 1 aliphatic heterocycles. The molecule has 1 saturated carbocycles. The number of hydrogen-bond acceptors (Lipinski definition) is 4. The van der Waals surface area contributed by atoms with Gasteiger partial charge in [-0.25, -0.2) is 0 Å². The van der Waals surface area contributed by atoms with Crippen LogP contribution < -0.4 is 0 Å². The zero-order chi connectivity index (χ0) is 13.1. The Labute approximate surface area is 109 Å². The number of carboxylic acids is 1. The smallest absolute Gasteiger partial charge is 0.320 e. The lowest BCUT2D eigenvalue weighted by molar-refractivity contribution is -0.143. The van der Waals surface area contributed by atoms with Crippen molar-refractivity contribution in [2.24, 2.45) is 0 Å². The number of nitrogens with zero attached hydrogens (tertiary/aromatic N) is 2. The van der Waals surface area contributed by atoms with Gasteiger partial charge in [-0.05, 0) is 26.7 Å². The number of carboxylic acid groups (broad SMARTS) is 1. The minimum atomic E-state index is -0.719. The molecule has 1 unspecified atom stereocenters. The second-order valence-electron chi connectivity index (χ2n) is 5.29. The Morgan fingerprint density at radius 2 is 1.94 bits per heavy atom. The summed E-state index contributed by atoms with van der Waals surface area (Å²) in [5.41, 5.74) is 0. The Kier molecular flexibility index (Phi) is 4.59. The molecule has 1 atom stereocenters. The molecule has 2 fully saturated rings. The third-order valence-electron chi connectivity index (χ3n) is 4.24. The molecule has 104 valence electrons. The third-order valence-corrected chi connectivity index (χ3v) is 4.24. The molecule has 1 heterocycles. The molecule has 0 spiro atoms. The van der Waals surface area contributed by atoms with Crippen LogP contribution in [0, 0.1) is 0 Å². The summed E-state index contributed by atoms with van der Waals surface area (Å²) in [6.07, 6.45) is 2.74. The zero-order valence-corrected chi connectivity index (χ0v) is 11.3. The molecule has 0 bridgehead atoms. The van der Waals surface area contributed by atoms with Crippen molar-refractivity contribution in [1.82, 2.24) is 9.80 Å². The first kappa shape index (κ1) is 13.8. The summed E-state index contributed by atoms with van der Waals surface area (Å²) >= 11 is 0. The number of carbonyl (C=O) groups is 1. The van der Waals surface area contributed by atoms with Crippen LogP contribution in [0.1, 0.15) is 26.7 Å². The Morgan fingerprint density at radius 1 is 1.33 bits per heavy atom. The number of ether oxygens (including phenoxy) is 1. The van der Waals surface area contributed by atoms with Gasteiger partial charge in [0.1, 0.15) is 6.04 Å². The number of hydrogen-bond donors (Lipinski definition) is 1. The lowest BCUT2D eigenvalue weighted by Gasteiger charge is -2.46. The van der Waals surface area contributed by atoms with Gasteiger partial charge in [-0.1, -0.05) is 0 Å². The zero-order valence-electron chi connectivity index (χ0n) is 11.3. The molecule has 0 aromatic rings. The summed E-state index contributed by atoms with van der Waals surface area (Å²) in [5, 5.41) is 8.99. The van der Waals surface area contributed by atoms with Gasteiger partial charge < -0.3 is 9.84 Å². The molecular formula is C13H24N2O3. The predicted molar refractivity (Wildman–Crippen MR) is 68.7 cm³/mol. The summed E-state index contributed by atoms with van der Waals surface area (Å²) in [7, 11) is 0. The van der Waals surface area contributed by atoms with E-state index in [-0.39, 0.29) is 6.04 Å². The van der Waals surface area contributed by atoms with E-state index < -0.39 is 5.97 Å². The van der Waals surface area contributed by atoms with Crippen LogP contribution in [-0.4, -0.2) is 71.8 Å². The van der Waals surface area contributed by atoms with E-state index in [4.69, 9.17) is 9.84 Å². The van der Waals surface area contributed by atoms with E-state index in [0.29, 0.717) is 12.1 Å². The topological polar surface area (TPSA) is 53.0 Å². The van der Waals surface area contributed by atoms with Crippen LogP contribution in [0.25, 0.3) is 0 Å². The Hall–Kier alpha value is -0.650. The van der Waals surface area contributed by atoms with E-state index in [2.05, 4.69) is 9.80 Å². The van der Waals surface area contributed by atoms with Gasteiger partial charge in [0.2, 0.25) is 0 Å². The molecule has 5 nitrogen and oxygen atoms in total. The van der Waals surface area contributed by atoms with E-state index in [9.17, 15) is 4.79 Å². The van der Waals surface area contributed by atoms with Crippen molar-refractivity contribution in [2.75, 3.05) is 32.8 Å². The van der Waals surface area contributed by atoms with E-state index >= 15 is 0 Å². The monoisotopic (exact) mass is 256 g/mol. The molecular weight excluding hydrogens is 232 g/mol. The van der Waals surface area contributed by atoms with Crippen molar-refractivity contribution >= 4 is 5.97 Å². The highest BCUT2D eigenvalue weighted by atomic mass is 16.5. The van der Waals surface area contributed by atoms with Crippen LogP contribution in [0.15, 0.2) is 0 Å². The van der Waals surface area contributed by atoms with Crippen molar-refractivity contribution in [3.63, 3.8) is 0 Å². The predicted octanol–water partition coefficient (Wildman–Crippen LogP) is 0.645. The van der Waals surface area contributed by atoms with Crippen LogP contribution in [0.3, 0.4) is 0 Å². The largest absolute Gasteiger partial charge is 0.480 e. The average molecular weight is 256 g/mol. The van der Waals surface area contributed by atoms with E-state index in [1.54, 1.807) is 6.92 Å².